The summed E-state index contributed by atoms with van der Waals surface area (Å²) in [5, 5.41) is 2.68. The number of nitrogens with one attached hydrogen (secondary N) is 1. The Morgan fingerprint density at radius 2 is 1.84 bits per heavy atom. The third kappa shape index (κ3) is 3.85. The smallest absolute Gasteiger partial charge is 0.255 e. The van der Waals surface area contributed by atoms with Gasteiger partial charge in [-0.2, -0.15) is 0 Å². The minimum atomic E-state index is -0.949. The molecular weight excluding hydrogens is 324 g/mol. The standard InChI is InChI=1S/C19H15F2N3O/c1-12-22-11-15(18(24-12)14-5-3-2-4-6-14)19(25)23-10-13-7-8-16(20)17(21)9-13/h2-9,11H,10H2,1H3,(H,23,25). The second-order valence-corrected chi connectivity index (χ2v) is 5.48. The van der Waals surface area contributed by atoms with Crippen LogP contribution < -0.4 is 5.32 Å². The average Bonchev–Trinajstić information content (AvgIpc) is 2.63. The van der Waals surface area contributed by atoms with E-state index in [4.69, 9.17) is 0 Å². The highest BCUT2D eigenvalue weighted by Crippen LogP contribution is 2.21. The molecule has 0 aliphatic rings. The molecule has 1 aromatic heterocycles. The van der Waals surface area contributed by atoms with Crippen LogP contribution in [-0.4, -0.2) is 15.9 Å². The maximum atomic E-state index is 13.2. The molecule has 0 aliphatic heterocycles. The van der Waals surface area contributed by atoms with E-state index in [1.807, 2.05) is 30.3 Å². The highest BCUT2D eigenvalue weighted by Gasteiger charge is 2.15. The number of aryl methyl sites for hydroxylation is 1. The first kappa shape index (κ1) is 16.7. The Bertz CT molecular complexity index is 914. The lowest BCUT2D eigenvalue weighted by molar-refractivity contribution is 0.0951. The number of rotatable bonds is 4. The van der Waals surface area contributed by atoms with Crippen molar-refractivity contribution in [3.63, 3.8) is 0 Å². The minimum absolute atomic E-state index is 0.0676. The largest absolute Gasteiger partial charge is 0.348 e. The summed E-state index contributed by atoms with van der Waals surface area (Å²) in [6, 6.07) is 12.8. The van der Waals surface area contributed by atoms with Crippen LogP contribution in [0.2, 0.25) is 0 Å². The third-order valence-electron chi connectivity index (χ3n) is 3.64. The summed E-state index contributed by atoms with van der Waals surface area (Å²) in [6.07, 6.45) is 1.46. The van der Waals surface area contributed by atoms with Crippen molar-refractivity contribution in [3.05, 3.63) is 83.3 Å². The van der Waals surface area contributed by atoms with Gasteiger partial charge in [-0.3, -0.25) is 4.79 Å². The van der Waals surface area contributed by atoms with Gasteiger partial charge in [0.25, 0.3) is 5.91 Å². The summed E-state index contributed by atoms with van der Waals surface area (Å²) in [6.45, 7) is 1.81. The predicted octanol–water partition coefficient (Wildman–Crippen LogP) is 3.66. The molecule has 0 radical (unpaired) electrons. The summed E-state index contributed by atoms with van der Waals surface area (Å²) >= 11 is 0. The van der Waals surface area contributed by atoms with E-state index in [1.165, 1.54) is 12.3 Å². The number of halogens is 2. The molecule has 0 fully saturated rings. The lowest BCUT2D eigenvalue weighted by atomic mass is 10.1. The van der Waals surface area contributed by atoms with Gasteiger partial charge < -0.3 is 5.32 Å². The van der Waals surface area contributed by atoms with E-state index in [-0.39, 0.29) is 12.5 Å². The molecule has 1 amide bonds. The predicted molar refractivity (Wildman–Crippen MR) is 89.7 cm³/mol. The van der Waals surface area contributed by atoms with Gasteiger partial charge in [-0.15, -0.1) is 0 Å². The van der Waals surface area contributed by atoms with E-state index >= 15 is 0 Å². The molecule has 0 spiro atoms. The fourth-order valence-corrected chi connectivity index (χ4v) is 2.38. The number of hydrogen-bond acceptors (Lipinski definition) is 3. The van der Waals surface area contributed by atoms with Gasteiger partial charge in [0.1, 0.15) is 5.82 Å². The number of hydrogen-bond donors (Lipinski definition) is 1. The van der Waals surface area contributed by atoms with Crippen molar-refractivity contribution in [1.29, 1.82) is 0 Å². The van der Waals surface area contributed by atoms with E-state index in [0.29, 0.717) is 22.6 Å². The highest BCUT2D eigenvalue weighted by atomic mass is 19.2. The molecule has 2 aromatic carbocycles. The van der Waals surface area contributed by atoms with Crippen molar-refractivity contribution in [1.82, 2.24) is 15.3 Å². The zero-order valence-electron chi connectivity index (χ0n) is 13.5. The molecule has 0 saturated carbocycles. The van der Waals surface area contributed by atoms with Crippen LogP contribution in [0.5, 0.6) is 0 Å². The van der Waals surface area contributed by atoms with Crippen molar-refractivity contribution < 1.29 is 13.6 Å². The summed E-state index contributed by atoms with van der Waals surface area (Å²) in [7, 11) is 0. The zero-order chi connectivity index (χ0) is 17.8. The van der Waals surface area contributed by atoms with Gasteiger partial charge in [0, 0.05) is 18.3 Å². The number of nitrogens with zero attached hydrogens (tertiary/aromatic N) is 2. The Balaban J connectivity index is 1.83. The Hall–Kier alpha value is -3.15. The average molecular weight is 339 g/mol. The molecule has 0 aliphatic carbocycles. The van der Waals surface area contributed by atoms with E-state index in [2.05, 4.69) is 15.3 Å². The van der Waals surface area contributed by atoms with Gasteiger partial charge in [0.15, 0.2) is 11.6 Å². The van der Waals surface area contributed by atoms with Crippen molar-refractivity contribution >= 4 is 5.91 Å². The molecule has 3 rings (SSSR count). The molecule has 6 heteroatoms. The Kier molecular flexibility index (Phi) is 4.79. The SMILES string of the molecule is Cc1ncc(C(=O)NCc2ccc(F)c(F)c2)c(-c2ccccc2)n1. The quantitative estimate of drug-likeness (QED) is 0.789. The van der Waals surface area contributed by atoms with E-state index in [0.717, 1.165) is 17.7 Å². The Morgan fingerprint density at radius 3 is 2.56 bits per heavy atom. The fourth-order valence-electron chi connectivity index (χ4n) is 2.38. The molecule has 1 heterocycles. The maximum absolute atomic E-state index is 13.2. The van der Waals surface area contributed by atoms with Crippen molar-refractivity contribution in [2.24, 2.45) is 0 Å². The number of carbonyl (C=O) groups is 1. The van der Waals surface area contributed by atoms with E-state index in [9.17, 15) is 13.6 Å². The topological polar surface area (TPSA) is 54.9 Å². The van der Waals surface area contributed by atoms with Crippen molar-refractivity contribution in [2.45, 2.75) is 13.5 Å². The monoisotopic (exact) mass is 339 g/mol. The molecule has 0 atom stereocenters. The van der Waals surface area contributed by atoms with Crippen LogP contribution >= 0.6 is 0 Å². The maximum Gasteiger partial charge on any atom is 0.255 e. The van der Waals surface area contributed by atoms with Gasteiger partial charge in [0.05, 0.1) is 11.3 Å². The summed E-state index contributed by atoms with van der Waals surface area (Å²) in [5.74, 6) is -1.71. The number of aromatic nitrogens is 2. The molecule has 1 N–H and O–H groups in total. The number of benzene rings is 2. The Labute approximate surface area is 143 Å². The lowest BCUT2D eigenvalue weighted by Crippen LogP contribution is -2.24. The van der Waals surface area contributed by atoms with Crippen LogP contribution in [0.25, 0.3) is 11.3 Å². The first-order valence-electron chi connectivity index (χ1n) is 7.66. The van der Waals surface area contributed by atoms with Gasteiger partial charge in [0.2, 0.25) is 0 Å². The second kappa shape index (κ2) is 7.17. The first-order chi connectivity index (χ1) is 12.0. The molecule has 3 aromatic rings. The molecular formula is C19H15F2N3O. The van der Waals surface area contributed by atoms with Crippen LogP contribution in [0.1, 0.15) is 21.7 Å². The highest BCUT2D eigenvalue weighted by molar-refractivity contribution is 5.99. The second-order valence-electron chi connectivity index (χ2n) is 5.48. The summed E-state index contributed by atoms with van der Waals surface area (Å²) in [4.78, 5) is 21.0. The van der Waals surface area contributed by atoms with Crippen LogP contribution in [0.15, 0.2) is 54.7 Å². The minimum Gasteiger partial charge on any atom is -0.348 e. The van der Waals surface area contributed by atoms with Gasteiger partial charge >= 0.3 is 0 Å². The van der Waals surface area contributed by atoms with Crippen LogP contribution in [0.3, 0.4) is 0 Å². The molecule has 25 heavy (non-hydrogen) atoms. The number of carbonyl (C=O) groups excluding carboxylic acids is 1. The summed E-state index contributed by atoms with van der Waals surface area (Å²) < 4.78 is 26.2. The van der Waals surface area contributed by atoms with Gasteiger partial charge in [-0.05, 0) is 24.6 Å². The lowest BCUT2D eigenvalue weighted by Gasteiger charge is -2.10. The molecule has 0 unspecified atom stereocenters. The van der Waals surface area contributed by atoms with E-state index in [1.54, 1.807) is 6.92 Å². The molecule has 0 bridgehead atoms. The fraction of sp³-hybridized carbons (Fsp3) is 0.105. The third-order valence-corrected chi connectivity index (χ3v) is 3.64. The van der Waals surface area contributed by atoms with Gasteiger partial charge in [-0.1, -0.05) is 36.4 Å². The Morgan fingerprint density at radius 1 is 1.08 bits per heavy atom. The van der Waals surface area contributed by atoms with Crippen LogP contribution in [0, 0.1) is 18.6 Å². The number of amides is 1. The summed E-state index contributed by atoms with van der Waals surface area (Å²) in [5.41, 5.74) is 2.10. The van der Waals surface area contributed by atoms with Crippen LogP contribution in [-0.2, 0) is 6.54 Å². The first-order valence-corrected chi connectivity index (χ1v) is 7.66. The zero-order valence-corrected chi connectivity index (χ0v) is 13.5. The van der Waals surface area contributed by atoms with Crippen molar-refractivity contribution in [3.8, 4) is 11.3 Å². The van der Waals surface area contributed by atoms with Gasteiger partial charge in [-0.25, -0.2) is 18.7 Å². The molecule has 126 valence electrons. The van der Waals surface area contributed by atoms with E-state index < -0.39 is 11.6 Å². The van der Waals surface area contributed by atoms with Crippen LogP contribution in [0.4, 0.5) is 8.78 Å². The molecule has 4 nitrogen and oxygen atoms in total. The van der Waals surface area contributed by atoms with Crippen molar-refractivity contribution in [2.75, 3.05) is 0 Å². The normalized spacial score (nSPS) is 10.5. The molecule has 0 saturated heterocycles.